The monoisotopic (exact) mass is 295 g/mol. The van der Waals surface area contributed by atoms with Gasteiger partial charge in [-0.05, 0) is 29.8 Å². The minimum Gasteiger partial charge on any atom is -0.422 e. The number of primary amides is 1. The van der Waals surface area contributed by atoms with E-state index in [9.17, 15) is 9.59 Å². The second-order valence-electron chi connectivity index (χ2n) is 4.82. The second kappa shape index (κ2) is 5.33. The summed E-state index contributed by atoms with van der Waals surface area (Å²) in [4.78, 5) is 22.8. The highest BCUT2D eigenvalue weighted by molar-refractivity contribution is 6.08. The summed E-state index contributed by atoms with van der Waals surface area (Å²) in [5.74, 6) is 0. The Morgan fingerprint density at radius 1 is 1.18 bits per heavy atom. The van der Waals surface area contributed by atoms with Gasteiger partial charge in [-0.2, -0.15) is 5.10 Å². The van der Waals surface area contributed by atoms with E-state index in [1.807, 2.05) is 30.3 Å². The fraction of sp³-hybridized carbons (Fsp3) is 0.0625. The van der Waals surface area contributed by atoms with Crippen LogP contribution >= 0.6 is 0 Å². The predicted octanol–water partition coefficient (Wildman–Crippen LogP) is 2.34. The van der Waals surface area contributed by atoms with Crippen LogP contribution in [-0.2, 0) is 0 Å². The molecule has 0 fully saturated rings. The number of hydrogen-bond donors (Lipinski definition) is 2. The van der Waals surface area contributed by atoms with Crippen LogP contribution in [-0.4, -0.2) is 11.7 Å². The summed E-state index contributed by atoms with van der Waals surface area (Å²) in [7, 11) is 0. The maximum Gasteiger partial charge on any atom is 0.345 e. The minimum absolute atomic E-state index is 0.276. The number of carbonyl (C=O) groups excluding carboxylic acids is 1. The molecule has 6 heteroatoms. The van der Waals surface area contributed by atoms with E-state index in [1.54, 1.807) is 19.1 Å². The van der Waals surface area contributed by atoms with Crippen molar-refractivity contribution in [2.24, 2.45) is 10.8 Å². The molecule has 110 valence electrons. The van der Waals surface area contributed by atoms with Crippen molar-refractivity contribution >= 4 is 33.5 Å². The number of benzene rings is 2. The van der Waals surface area contributed by atoms with Gasteiger partial charge < -0.3 is 10.2 Å². The van der Waals surface area contributed by atoms with Crippen LogP contribution in [0.25, 0.3) is 21.7 Å². The Kier molecular flexibility index (Phi) is 3.34. The topological polar surface area (TPSA) is 97.7 Å². The van der Waals surface area contributed by atoms with Crippen molar-refractivity contribution in [1.29, 1.82) is 0 Å². The Morgan fingerprint density at radius 3 is 2.73 bits per heavy atom. The summed E-state index contributed by atoms with van der Waals surface area (Å²) >= 11 is 0. The first kappa shape index (κ1) is 13.8. The van der Waals surface area contributed by atoms with Gasteiger partial charge in [0.05, 0.1) is 11.3 Å². The molecule has 0 saturated carbocycles. The first-order valence-corrected chi connectivity index (χ1v) is 6.62. The highest BCUT2D eigenvalue weighted by Crippen LogP contribution is 2.24. The number of nitrogens with two attached hydrogens (primary N) is 1. The number of urea groups is 1. The number of fused-ring (bicyclic) bond motifs is 3. The molecule has 0 bridgehead atoms. The van der Waals surface area contributed by atoms with Crippen LogP contribution < -0.4 is 16.8 Å². The summed E-state index contributed by atoms with van der Waals surface area (Å²) in [5.41, 5.74) is 7.65. The van der Waals surface area contributed by atoms with Crippen LogP contribution in [0.2, 0.25) is 0 Å². The number of amides is 2. The van der Waals surface area contributed by atoms with Crippen molar-refractivity contribution in [3.63, 3.8) is 0 Å². The molecule has 0 atom stereocenters. The van der Waals surface area contributed by atoms with Crippen LogP contribution in [0.15, 0.2) is 56.8 Å². The predicted molar refractivity (Wildman–Crippen MR) is 84.9 cm³/mol. The lowest BCUT2D eigenvalue weighted by atomic mass is 10.0. The summed E-state index contributed by atoms with van der Waals surface area (Å²) in [6.45, 7) is 1.60. The third-order valence-electron chi connectivity index (χ3n) is 3.37. The highest BCUT2D eigenvalue weighted by atomic mass is 16.4. The average molecular weight is 295 g/mol. The van der Waals surface area contributed by atoms with Crippen LogP contribution in [0, 0.1) is 0 Å². The van der Waals surface area contributed by atoms with E-state index >= 15 is 0 Å². The highest BCUT2D eigenvalue weighted by Gasteiger charge is 2.10. The molecule has 0 saturated heterocycles. The van der Waals surface area contributed by atoms with E-state index in [1.165, 1.54) is 0 Å². The number of carbonyl (C=O) groups is 1. The number of hydrazone groups is 1. The van der Waals surface area contributed by atoms with Gasteiger partial charge in [-0.1, -0.05) is 30.3 Å². The smallest absolute Gasteiger partial charge is 0.345 e. The fourth-order valence-electron chi connectivity index (χ4n) is 2.32. The Hall–Kier alpha value is -3.15. The van der Waals surface area contributed by atoms with Gasteiger partial charge in [0.1, 0.15) is 5.58 Å². The standard InChI is InChI=1S/C16H13N3O3/c1-9(18-19-16(17)21)12-8-13-11-5-3-2-4-10(11)6-7-14(13)22-15(12)20/h2-8H,1H3,(H3,17,19,21). The average Bonchev–Trinajstić information content (AvgIpc) is 2.51. The van der Waals surface area contributed by atoms with Gasteiger partial charge in [-0.25, -0.2) is 15.0 Å². The SMILES string of the molecule is CC(=NNC(N)=O)c1cc2c(ccc3ccccc32)oc1=O. The molecule has 0 aliphatic carbocycles. The van der Waals surface area contributed by atoms with Crippen molar-refractivity contribution < 1.29 is 9.21 Å². The maximum atomic E-state index is 12.1. The molecule has 2 amide bonds. The lowest BCUT2D eigenvalue weighted by molar-refractivity contribution is 0.249. The molecule has 0 aliphatic rings. The normalized spacial score (nSPS) is 11.8. The third kappa shape index (κ3) is 2.42. The van der Waals surface area contributed by atoms with Gasteiger partial charge in [0, 0.05) is 5.39 Å². The molecular formula is C16H13N3O3. The molecule has 3 rings (SSSR count). The van der Waals surface area contributed by atoms with Gasteiger partial charge in [0.25, 0.3) is 0 Å². The van der Waals surface area contributed by atoms with Crippen molar-refractivity contribution in [1.82, 2.24) is 5.43 Å². The number of nitrogens with zero attached hydrogens (tertiary/aromatic N) is 1. The molecule has 3 N–H and O–H groups in total. The Morgan fingerprint density at radius 2 is 1.95 bits per heavy atom. The van der Waals surface area contributed by atoms with E-state index < -0.39 is 11.7 Å². The van der Waals surface area contributed by atoms with E-state index in [-0.39, 0.29) is 5.56 Å². The minimum atomic E-state index is -0.796. The second-order valence-corrected chi connectivity index (χ2v) is 4.82. The maximum absolute atomic E-state index is 12.1. The Bertz CT molecular complexity index is 973. The quantitative estimate of drug-likeness (QED) is 0.328. The lowest BCUT2D eigenvalue weighted by Gasteiger charge is -2.05. The first-order valence-electron chi connectivity index (χ1n) is 6.62. The zero-order chi connectivity index (χ0) is 15.7. The summed E-state index contributed by atoms with van der Waals surface area (Å²) in [6.07, 6.45) is 0. The molecule has 0 spiro atoms. The van der Waals surface area contributed by atoms with Crippen LogP contribution in [0.4, 0.5) is 4.79 Å². The molecule has 0 radical (unpaired) electrons. The molecule has 1 aromatic heterocycles. The summed E-state index contributed by atoms with van der Waals surface area (Å²) < 4.78 is 5.35. The van der Waals surface area contributed by atoms with Crippen LogP contribution in [0.5, 0.6) is 0 Å². The van der Waals surface area contributed by atoms with E-state index in [0.717, 1.165) is 16.2 Å². The van der Waals surface area contributed by atoms with Crippen molar-refractivity contribution in [2.45, 2.75) is 6.92 Å². The largest absolute Gasteiger partial charge is 0.422 e. The van der Waals surface area contributed by atoms with Crippen molar-refractivity contribution in [3.8, 4) is 0 Å². The molecule has 0 aliphatic heterocycles. The molecular weight excluding hydrogens is 282 g/mol. The van der Waals surface area contributed by atoms with Gasteiger partial charge in [-0.15, -0.1) is 0 Å². The van der Waals surface area contributed by atoms with E-state index in [0.29, 0.717) is 11.3 Å². The summed E-state index contributed by atoms with van der Waals surface area (Å²) in [5, 5.41) is 6.59. The van der Waals surface area contributed by atoms with E-state index in [2.05, 4.69) is 10.5 Å². The van der Waals surface area contributed by atoms with Gasteiger partial charge in [-0.3, -0.25) is 0 Å². The number of rotatable bonds is 2. The van der Waals surface area contributed by atoms with Crippen LogP contribution in [0.3, 0.4) is 0 Å². The zero-order valence-electron chi connectivity index (χ0n) is 11.8. The van der Waals surface area contributed by atoms with Gasteiger partial charge in [0.15, 0.2) is 0 Å². The molecule has 2 aromatic carbocycles. The molecule has 3 aromatic rings. The fourth-order valence-corrected chi connectivity index (χ4v) is 2.32. The summed E-state index contributed by atoms with van der Waals surface area (Å²) in [6, 6.07) is 12.4. The first-order chi connectivity index (χ1) is 10.6. The lowest BCUT2D eigenvalue weighted by Crippen LogP contribution is -2.26. The van der Waals surface area contributed by atoms with E-state index in [4.69, 9.17) is 10.2 Å². The molecule has 6 nitrogen and oxygen atoms in total. The van der Waals surface area contributed by atoms with Crippen molar-refractivity contribution in [3.05, 3.63) is 58.4 Å². The van der Waals surface area contributed by atoms with Crippen molar-refractivity contribution in [2.75, 3.05) is 0 Å². The zero-order valence-corrected chi connectivity index (χ0v) is 11.8. The Labute approximate surface area is 125 Å². The molecule has 1 heterocycles. The third-order valence-corrected chi connectivity index (χ3v) is 3.37. The Balaban J connectivity index is 2.26. The molecule has 0 unspecified atom stereocenters. The molecule has 22 heavy (non-hydrogen) atoms. The van der Waals surface area contributed by atoms with Crippen LogP contribution in [0.1, 0.15) is 12.5 Å². The number of hydrogen-bond acceptors (Lipinski definition) is 4. The van der Waals surface area contributed by atoms with Gasteiger partial charge >= 0.3 is 11.7 Å². The number of nitrogens with one attached hydrogen (secondary N) is 1. The van der Waals surface area contributed by atoms with Gasteiger partial charge in [0.2, 0.25) is 0 Å².